The number of amides is 1. The number of hydrogen-bond acceptors (Lipinski definition) is 4. The van der Waals surface area contributed by atoms with Crippen molar-refractivity contribution < 1.29 is 19.1 Å². The minimum atomic E-state index is -0.657. The molecule has 0 aliphatic rings. The van der Waals surface area contributed by atoms with Crippen molar-refractivity contribution in [2.24, 2.45) is 0 Å². The molecule has 1 amide bonds. The Morgan fingerprint density at radius 1 is 1.25 bits per heavy atom. The molecule has 6 heteroatoms. The molecule has 0 aliphatic carbocycles. The van der Waals surface area contributed by atoms with Gasteiger partial charge in [-0.2, -0.15) is 0 Å². The van der Waals surface area contributed by atoms with Crippen LogP contribution in [-0.2, 0) is 9.47 Å². The molecule has 106 valence electrons. The number of rotatable bonds is 2. The van der Waals surface area contributed by atoms with Gasteiger partial charge in [-0.1, -0.05) is 0 Å². The number of hydrogen-bond donors (Lipinski definition) is 1. The molecule has 0 saturated carbocycles. The lowest BCUT2D eigenvalue weighted by molar-refractivity contribution is 0.0596. The Morgan fingerprint density at radius 3 is 2.40 bits per heavy atom. The Balaban J connectivity index is 2.98. The molecule has 0 bridgehead atoms. The van der Waals surface area contributed by atoms with E-state index in [1.807, 2.05) is 0 Å². The first kappa shape index (κ1) is 15.5. The maximum Gasteiger partial charge on any atom is 0.412 e. The molecule has 0 fully saturated rings. The fraction of sp³-hybridized carbons (Fsp3) is 0.357. The summed E-state index contributed by atoms with van der Waals surface area (Å²) in [6, 6.07) is 4.26. The van der Waals surface area contributed by atoms with Crippen molar-refractivity contribution in [3.05, 3.63) is 35.2 Å². The summed E-state index contributed by atoms with van der Waals surface area (Å²) in [5, 5.41) is 2.48. The van der Waals surface area contributed by atoms with Crippen molar-refractivity contribution in [2.75, 3.05) is 12.4 Å². The molecule has 20 heavy (non-hydrogen) atoms. The Morgan fingerprint density at radius 2 is 1.90 bits per heavy atom. The second kappa shape index (κ2) is 6.06. The molecular weight excluding hydrogens is 260 g/mol. The first-order valence-corrected chi connectivity index (χ1v) is 5.86. The van der Waals surface area contributed by atoms with E-state index >= 15 is 0 Å². The second-order valence-electron chi connectivity index (χ2n) is 5.00. The molecule has 1 aromatic carbocycles. The number of nitrogens with zero attached hydrogens (tertiary/aromatic N) is 1. The number of nitrogens with one attached hydrogen (secondary N) is 1. The molecule has 0 aromatic heterocycles. The SMILES string of the molecule is [C-]#[N+]c1cc(NC(=O)OC(C)(C)C)cc(C(=O)OC)c1. The lowest BCUT2D eigenvalue weighted by atomic mass is 10.1. The highest BCUT2D eigenvalue weighted by Gasteiger charge is 2.17. The Labute approximate surface area is 117 Å². The summed E-state index contributed by atoms with van der Waals surface area (Å²) in [7, 11) is 1.24. The van der Waals surface area contributed by atoms with Crippen molar-refractivity contribution >= 4 is 23.4 Å². The van der Waals surface area contributed by atoms with Crippen LogP contribution in [0.2, 0.25) is 0 Å². The second-order valence-corrected chi connectivity index (χ2v) is 5.00. The molecule has 0 aliphatic heterocycles. The predicted molar refractivity (Wildman–Crippen MR) is 73.9 cm³/mol. The van der Waals surface area contributed by atoms with E-state index in [0.717, 1.165) is 0 Å². The molecule has 0 radical (unpaired) electrons. The lowest BCUT2D eigenvalue weighted by Crippen LogP contribution is -2.27. The maximum atomic E-state index is 11.7. The fourth-order valence-electron chi connectivity index (χ4n) is 1.41. The van der Waals surface area contributed by atoms with Crippen molar-refractivity contribution in [2.45, 2.75) is 26.4 Å². The van der Waals surface area contributed by atoms with E-state index in [1.54, 1.807) is 20.8 Å². The van der Waals surface area contributed by atoms with Crippen LogP contribution in [0.5, 0.6) is 0 Å². The topological polar surface area (TPSA) is 69.0 Å². The van der Waals surface area contributed by atoms with Gasteiger partial charge in [0.15, 0.2) is 5.69 Å². The van der Waals surface area contributed by atoms with Crippen LogP contribution in [0.25, 0.3) is 4.85 Å². The zero-order chi connectivity index (χ0) is 15.3. The van der Waals surface area contributed by atoms with Gasteiger partial charge in [-0.3, -0.25) is 5.32 Å². The van der Waals surface area contributed by atoms with E-state index in [-0.39, 0.29) is 11.3 Å². The lowest BCUT2D eigenvalue weighted by Gasteiger charge is -2.19. The maximum absolute atomic E-state index is 11.7. The third-order valence-electron chi connectivity index (χ3n) is 2.11. The molecule has 1 N–H and O–H groups in total. The number of esters is 1. The summed E-state index contributed by atoms with van der Waals surface area (Å²) in [6.07, 6.45) is -0.657. The van der Waals surface area contributed by atoms with Crippen molar-refractivity contribution in [1.29, 1.82) is 0 Å². The smallest absolute Gasteiger partial charge is 0.412 e. The van der Waals surface area contributed by atoms with Gasteiger partial charge in [0, 0.05) is 5.69 Å². The van der Waals surface area contributed by atoms with E-state index in [4.69, 9.17) is 11.3 Å². The zero-order valence-electron chi connectivity index (χ0n) is 11.8. The normalized spacial score (nSPS) is 10.3. The predicted octanol–water partition coefficient (Wildman–Crippen LogP) is 3.37. The molecule has 1 rings (SSSR count). The van der Waals surface area contributed by atoms with Crippen LogP contribution in [0, 0.1) is 6.57 Å². The van der Waals surface area contributed by atoms with Gasteiger partial charge in [0.05, 0.1) is 19.2 Å². The van der Waals surface area contributed by atoms with E-state index in [1.165, 1.54) is 25.3 Å². The summed E-state index contributed by atoms with van der Waals surface area (Å²) in [5.74, 6) is -0.581. The monoisotopic (exact) mass is 276 g/mol. The Hall–Kier alpha value is -2.55. The van der Waals surface area contributed by atoms with E-state index in [2.05, 4.69) is 14.9 Å². The summed E-state index contributed by atoms with van der Waals surface area (Å²) in [6.45, 7) is 12.2. The molecule has 6 nitrogen and oxygen atoms in total. The molecule has 0 saturated heterocycles. The van der Waals surface area contributed by atoms with Gasteiger partial charge in [-0.05, 0) is 39.0 Å². The highest BCUT2D eigenvalue weighted by molar-refractivity contribution is 5.94. The minimum absolute atomic E-state index is 0.187. The van der Waals surface area contributed by atoms with Crippen LogP contribution in [0.15, 0.2) is 18.2 Å². The number of carbonyl (C=O) groups is 2. The average molecular weight is 276 g/mol. The van der Waals surface area contributed by atoms with Gasteiger partial charge in [0.1, 0.15) is 5.60 Å². The Kier molecular flexibility index (Phi) is 4.70. The number of ether oxygens (including phenoxy) is 2. The third-order valence-corrected chi connectivity index (χ3v) is 2.11. The molecule has 1 aromatic rings. The van der Waals surface area contributed by atoms with Crippen LogP contribution in [-0.4, -0.2) is 24.8 Å². The summed E-state index contributed by atoms with van der Waals surface area (Å²) in [5.41, 5.74) is 0.0753. The number of methoxy groups -OCH3 is 1. The van der Waals surface area contributed by atoms with Crippen molar-refractivity contribution in [3.8, 4) is 0 Å². The third kappa shape index (κ3) is 4.61. The van der Waals surface area contributed by atoms with Crippen LogP contribution in [0.3, 0.4) is 0 Å². The van der Waals surface area contributed by atoms with E-state index < -0.39 is 17.7 Å². The van der Waals surface area contributed by atoms with Gasteiger partial charge >= 0.3 is 12.1 Å². The largest absolute Gasteiger partial charge is 0.465 e. The van der Waals surface area contributed by atoms with E-state index in [9.17, 15) is 9.59 Å². The summed E-state index contributed by atoms with van der Waals surface area (Å²) < 4.78 is 9.69. The van der Waals surface area contributed by atoms with Crippen LogP contribution in [0.1, 0.15) is 31.1 Å². The molecular formula is C14H16N2O4. The highest BCUT2D eigenvalue weighted by Crippen LogP contribution is 2.22. The average Bonchev–Trinajstić information content (AvgIpc) is 2.34. The first-order chi connectivity index (χ1) is 9.25. The molecule has 0 heterocycles. The zero-order valence-corrected chi connectivity index (χ0v) is 11.8. The number of anilines is 1. The van der Waals surface area contributed by atoms with E-state index in [0.29, 0.717) is 5.69 Å². The summed E-state index contributed by atoms with van der Waals surface area (Å²) in [4.78, 5) is 26.4. The highest BCUT2D eigenvalue weighted by atomic mass is 16.6. The number of carbonyl (C=O) groups excluding carboxylic acids is 2. The molecule has 0 atom stereocenters. The van der Waals surface area contributed by atoms with Gasteiger partial charge in [0.25, 0.3) is 0 Å². The molecule has 0 unspecified atom stereocenters. The van der Waals surface area contributed by atoms with Crippen molar-refractivity contribution in [1.82, 2.24) is 0 Å². The quantitative estimate of drug-likeness (QED) is 0.664. The van der Waals surface area contributed by atoms with Gasteiger partial charge in [0.2, 0.25) is 0 Å². The fourth-order valence-corrected chi connectivity index (χ4v) is 1.41. The molecule has 0 spiro atoms. The number of benzene rings is 1. The summed E-state index contributed by atoms with van der Waals surface area (Å²) >= 11 is 0. The minimum Gasteiger partial charge on any atom is -0.465 e. The van der Waals surface area contributed by atoms with Crippen molar-refractivity contribution in [3.63, 3.8) is 0 Å². The Bertz CT molecular complexity index is 568. The van der Waals surface area contributed by atoms with Crippen LogP contribution >= 0.6 is 0 Å². The van der Waals surface area contributed by atoms with Gasteiger partial charge in [-0.15, -0.1) is 0 Å². The van der Waals surface area contributed by atoms with Gasteiger partial charge in [-0.25, -0.2) is 14.4 Å². The van der Waals surface area contributed by atoms with Gasteiger partial charge < -0.3 is 9.47 Å². The first-order valence-electron chi connectivity index (χ1n) is 5.86. The van der Waals surface area contributed by atoms with Crippen LogP contribution in [0.4, 0.5) is 16.2 Å². The van der Waals surface area contributed by atoms with Crippen LogP contribution < -0.4 is 5.32 Å². The standard InChI is InChI=1S/C14H16N2O4/c1-14(2,3)20-13(18)16-11-7-9(12(17)19-5)6-10(8-11)15-4/h6-8H,1-3,5H3,(H,16,18).